The van der Waals surface area contributed by atoms with Crippen molar-refractivity contribution in [3.8, 4) is 0 Å². The molecule has 5 nitrogen and oxygen atoms in total. The first-order chi connectivity index (χ1) is 10.2. The molecule has 0 bridgehead atoms. The van der Waals surface area contributed by atoms with Crippen molar-refractivity contribution in [3.05, 3.63) is 60.2 Å². The average Bonchev–Trinajstić information content (AvgIpc) is 2.86. The standard InChI is InChI=1S/C16H16N4O/c1-11(18-16(21)13-8-5-6-10-17-13)15-19-12-7-3-4-9-14(12)20(15)2/h3-11H,1-2H3,(H,18,21)/t11-/m0/s1. The number of rotatable bonds is 3. The molecule has 0 aliphatic rings. The molecule has 0 unspecified atom stereocenters. The fourth-order valence-electron chi connectivity index (χ4n) is 2.38. The Kier molecular flexibility index (Phi) is 3.39. The molecule has 0 fully saturated rings. The van der Waals surface area contributed by atoms with Gasteiger partial charge in [-0.1, -0.05) is 18.2 Å². The zero-order chi connectivity index (χ0) is 14.8. The van der Waals surface area contributed by atoms with Gasteiger partial charge in [-0.05, 0) is 31.2 Å². The monoisotopic (exact) mass is 280 g/mol. The third-order valence-electron chi connectivity index (χ3n) is 3.45. The summed E-state index contributed by atoms with van der Waals surface area (Å²) >= 11 is 0. The molecular formula is C16H16N4O. The first-order valence-electron chi connectivity index (χ1n) is 6.80. The van der Waals surface area contributed by atoms with Crippen LogP contribution in [0.2, 0.25) is 0 Å². The van der Waals surface area contributed by atoms with Crippen LogP contribution in [-0.2, 0) is 7.05 Å². The number of carbonyl (C=O) groups excluding carboxylic acids is 1. The highest BCUT2D eigenvalue weighted by Crippen LogP contribution is 2.19. The van der Waals surface area contributed by atoms with Gasteiger partial charge in [0, 0.05) is 13.2 Å². The number of imidazole rings is 1. The first-order valence-corrected chi connectivity index (χ1v) is 6.80. The van der Waals surface area contributed by atoms with Crippen LogP contribution >= 0.6 is 0 Å². The third-order valence-corrected chi connectivity index (χ3v) is 3.45. The van der Waals surface area contributed by atoms with Crippen LogP contribution in [0.25, 0.3) is 11.0 Å². The molecule has 0 saturated carbocycles. The van der Waals surface area contributed by atoms with Gasteiger partial charge in [0.2, 0.25) is 0 Å². The molecule has 0 aliphatic carbocycles. The molecule has 0 aliphatic heterocycles. The highest BCUT2D eigenvalue weighted by atomic mass is 16.1. The van der Waals surface area contributed by atoms with Gasteiger partial charge in [-0.2, -0.15) is 0 Å². The number of para-hydroxylation sites is 2. The molecule has 3 aromatic rings. The molecule has 1 N–H and O–H groups in total. The summed E-state index contributed by atoms with van der Waals surface area (Å²) < 4.78 is 2.00. The van der Waals surface area contributed by atoms with Crippen molar-refractivity contribution < 1.29 is 4.79 Å². The van der Waals surface area contributed by atoms with Crippen molar-refractivity contribution in [1.29, 1.82) is 0 Å². The number of nitrogens with one attached hydrogen (secondary N) is 1. The SMILES string of the molecule is C[C@H](NC(=O)c1ccccn1)c1nc2ccccc2n1C. The van der Waals surface area contributed by atoms with Gasteiger partial charge in [0.15, 0.2) is 0 Å². The third kappa shape index (κ3) is 2.50. The molecule has 0 spiro atoms. The average molecular weight is 280 g/mol. The zero-order valence-electron chi connectivity index (χ0n) is 11.9. The molecule has 0 radical (unpaired) electrons. The molecule has 106 valence electrons. The second-order valence-corrected chi connectivity index (χ2v) is 4.93. The van der Waals surface area contributed by atoms with Crippen LogP contribution < -0.4 is 5.32 Å². The number of nitrogens with zero attached hydrogens (tertiary/aromatic N) is 3. The number of aryl methyl sites for hydroxylation is 1. The van der Waals surface area contributed by atoms with Crippen molar-refractivity contribution in [1.82, 2.24) is 19.9 Å². The number of pyridine rings is 1. The molecule has 2 aromatic heterocycles. The second-order valence-electron chi connectivity index (χ2n) is 4.93. The minimum absolute atomic E-state index is 0.197. The summed E-state index contributed by atoms with van der Waals surface area (Å²) in [5.41, 5.74) is 2.38. The topological polar surface area (TPSA) is 59.8 Å². The Morgan fingerprint density at radius 1 is 1.19 bits per heavy atom. The van der Waals surface area contributed by atoms with E-state index in [1.54, 1.807) is 24.4 Å². The van der Waals surface area contributed by atoms with E-state index in [9.17, 15) is 4.79 Å². The quantitative estimate of drug-likeness (QED) is 0.801. The normalized spacial score (nSPS) is 12.3. The number of aromatic nitrogens is 3. The molecule has 0 saturated heterocycles. The smallest absolute Gasteiger partial charge is 0.270 e. The van der Waals surface area contributed by atoms with Crippen LogP contribution in [0.4, 0.5) is 0 Å². The number of carbonyl (C=O) groups is 1. The number of hydrogen-bond acceptors (Lipinski definition) is 3. The Hall–Kier alpha value is -2.69. The number of benzene rings is 1. The molecule has 1 atom stereocenters. The van der Waals surface area contributed by atoms with E-state index in [4.69, 9.17) is 0 Å². The van der Waals surface area contributed by atoms with Crippen molar-refractivity contribution in [2.45, 2.75) is 13.0 Å². The molecule has 2 heterocycles. The molecule has 1 aromatic carbocycles. The Bertz CT molecular complexity index is 779. The molecular weight excluding hydrogens is 264 g/mol. The molecule has 21 heavy (non-hydrogen) atoms. The number of hydrogen-bond donors (Lipinski definition) is 1. The van der Waals surface area contributed by atoms with E-state index in [-0.39, 0.29) is 11.9 Å². The van der Waals surface area contributed by atoms with Gasteiger partial charge < -0.3 is 9.88 Å². The van der Waals surface area contributed by atoms with Crippen molar-refractivity contribution >= 4 is 16.9 Å². The highest BCUT2D eigenvalue weighted by Gasteiger charge is 2.17. The van der Waals surface area contributed by atoms with E-state index in [1.807, 2.05) is 42.8 Å². The summed E-state index contributed by atoms with van der Waals surface area (Å²) in [5.74, 6) is 0.621. The van der Waals surface area contributed by atoms with Crippen LogP contribution in [0.15, 0.2) is 48.7 Å². The Labute approximate surface area is 122 Å². The Morgan fingerprint density at radius 3 is 2.67 bits per heavy atom. The lowest BCUT2D eigenvalue weighted by Gasteiger charge is -2.13. The largest absolute Gasteiger partial charge is 0.341 e. The summed E-state index contributed by atoms with van der Waals surface area (Å²) in [6, 6.07) is 13.0. The minimum Gasteiger partial charge on any atom is -0.341 e. The molecule has 5 heteroatoms. The Morgan fingerprint density at radius 2 is 1.95 bits per heavy atom. The number of fused-ring (bicyclic) bond motifs is 1. The fraction of sp³-hybridized carbons (Fsp3) is 0.188. The predicted octanol–water partition coefficient (Wildman–Crippen LogP) is 2.46. The summed E-state index contributed by atoms with van der Waals surface area (Å²) in [5, 5.41) is 2.93. The second kappa shape index (κ2) is 5.36. The van der Waals surface area contributed by atoms with Gasteiger partial charge in [0.05, 0.1) is 17.1 Å². The van der Waals surface area contributed by atoms with Gasteiger partial charge in [-0.15, -0.1) is 0 Å². The van der Waals surface area contributed by atoms with Gasteiger partial charge in [-0.3, -0.25) is 9.78 Å². The van der Waals surface area contributed by atoms with E-state index in [0.717, 1.165) is 16.9 Å². The van der Waals surface area contributed by atoms with Crippen LogP contribution in [0, 0.1) is 0 Å². The van der Waals surface area contributed by atoms with E-state index in [1.165, 1.54) is 0 Å². The lowest BCUT2D eigenvalue weighted by molar-refractivity contribution is 0.0933. The van der Waals surface area contributed by atoms with Gasteiger partial charge in [-0.25, -0.2) is 4.98 Å². The van der Waals surface area contributed by atoms with Crippen LogP contribution in [0.5, 0.6) is 0 Å². The van der Waals surface area contributed by atoms with Gasteiger partial charge >= 0.3 is 0 Å². The fourth-order valence-corrected chi connectivity index (χ4v) is 2.38. The van der Waals surface area contributed by atoms with Crippen molar-refractivity contribution in [2.75, 3.05) is 0 Å². The lowest BCUT2D eigenvalue weighted by Crippen LogP contribution is -2.29. The van der Waals surface area contributed by atoms with Crippen molar-refractivity contribution in [2.24, 2.45) is 7.05 Å². The van der Waals surface area contributed by atoms with E-state index >= 15 is 0 Å². The molecule has 1 amide bonds. The van der Waals surface area contributed by atoms with Crippen LogP contribution in [0.1, 0.15) is 29.3 Å². The maximum atomic E-state index is 12.1. The minimum atomic E-state index is -0.199. The predicted molar refractivity (Wildman–Crippen MR) is 80.8 cm³/mol. The van der Waals surface area contributed by atoms with Gasteiger partial charge in [0.25, 0.3) is 5.91 Å². The number of amides is 1. The lowest BCUT2D eigenvalue weighted by atomic mass is 10.2. The van der Waals surface area contributed by atoms with E-state index in [0.29, 0.717) is 5.69 Å². The van der Waals surface area contributed by atoms with Crippen molar-refractivity contribution in [3.63, 3.8) is 0 Å². The summed E-state index contributed by atoms with van der Waals surface area (Å²) in [4.78, 5) is 20.8. The zero-order valence-corrected chi connectivity index (χ0v) is 11.9. The maximum Gasteiger partial charge on any atom is 0.270 e. The maximum absolute atomic E-state index is 12.1. The van der Waals surface area contributed by atoms with Crippen LogP contribution in [0.3, 0.4) is 0 Å². The van der Waals surface area contributed by atoms with E-state index < -0.39 is 0 Å². The summed E-state index contributed by atoms with van der Waals surface area (Å²) in [7, 11) is 1.95. The summed E-state index contributed by atoms with van der Waals surface area (Å²) in [6.07, 6.45) is 1.61. The highest BCUT2D eigenvalue weighted by molar-refractivity contribution is 5.92. The summed E-state index contributed by atoms with van der Waals surface area (Å²) in [6.45, 7) is 1.92. The van der Waals surface area contributed by atoms with Crippen LogP contribution in [-0.4, -0.2) is 20.4 Å². The first kappa shape index (κ1) is 13.3. The molecule has 3 rings (SSSR count). The van der Waals surface area contributed by atoms with E-state index in [2.05, 4.69) is 15.3 Å². The van der Waals surface area contributed by atoms with Gasteiger partial charge in [0.1, 0.15) is 11.5 Å². The Balaban J connectivity index is 1.86.